The normalized spacial score (nSPS) is 14.1. The quantitative estimate of drug-likeness (QED) is 0.138. The van der Waals surface area contributed by atoms with Gasteiger partial charge in [-0.25, -0.2) is 0 Å². The van der Waals surface area contributed by atoms with Gasteiger partial charge >= 0.3 is 0 Å². The molecular weight excluding hydrogens is 324 g/mol. The smallest absolute Gasteiger partial charge is 0.0348 e. The molecule has 162 valence electrons. The molecule has 0 saturated heterocycles. The highest BCUT2D eigenvalue weighted by atomic mass is 14.1. The SMILES string of the molecule is CCCCCCCC/C=C/CCC(C)CCCC(C)CCCCCCCC. The van der Waals surface area contributed by atoms with Crippen molar-refractivity contribution in [3.8, 4) is 0 Å². The summed E-state index contributed by atoms with van der Waals surface area (Å²) in [6.07, 6.45) is 31.8. The van der Waals surface area contributed by atoms with Crippen molar-refractivity contribution in [1.82, 2.24) is 0 Å². The Morgan fingerprint density at radius 1 is 0.444 bits per heavy atom. The van der Waals surface area contributed by atoms with E-state index in [0.717, 1.165) is 11.8 Å². The minimum Gasteiger partial charge on any atom is -0.0885 e. The van der Waals surface area contributed by atoms with E-state index in [1.807, 2.05) is 0 Å². The van der Waals surface area contributed by atoms with Crippen molar-refractivity contribution in [2.24, 2.45) is 11.8 Å². The summed E-state index contributed by atoms with van der Waals surface area (Å²) in [7, 11) is 0. The molecule has 0 aliphatic rings. The summed E-state index contributed by atoms with van der Waals surface area (Å²) < 4.78 is 0. The first-order valence-corrected chi connectivity index (χ1v) is 12.9. The first-order valence-electron chi connectivity index (χ1n) is 12.9. The van der Waals surface area contributed by atoms with Crippen molar-refractivity contribution in [2.75, 3.05) is 0 Å². The van der Waals surface area contributed by atoms with Gasteiger partial charge in [0.2, 0.25) is 0 Å². The molecule has 0 heterocycles. The van der Waals surface area contributed by atoms with Crippen LogP contribution in [0.15, 0.2) is 12.2 Å². The standard InChI is InChI=1S/C27H54/c1-5-7-9-11-13-14-15-16-18-20-23-27(4)25-21-24-26(3)22-19-17-12-10-8-6-2/h16,18,26-27H,5-15,17,19-25H2,1-4H3/b18-16+. The van der Waals surface area contributed by atoms with Gasteiger partial charge in [0.1, 0.15) is 0 Å². The molecule has 0 aromatic heterocycles. The van der Waals surface area contributed by atoms with E-state index < -0.39 is 0 Å². The molecule has 0 aromatic rings. The Bertz CT molecular complexity index is 290. The zero-order valence-electron chi connectivity index (χ0n) is 19.7. The number of rotatable bonds is 21. The second-order valence-electron chi connectivity index (χ2n) is 9.30. The monoisotopic (exact) mass is 378 g/mol. The summed E-state index contributed by atoms with van der Waals surface area (Å²) in [5, 5.41) is 0. The van der Waals surface area contributed by atoms with E-state index in [1.165, 1.54) is 122 Å². The minimum absolute atomic E-state index is 0.907. The van der Waals surface area contributed by atoms with Gasteiger partial charge in [-0.1, -0.05) is 136 Å². The fourth-order valence-electron chi connectivity index (χ4n) is 4.04. The lowest BCUT2D eigenvalue weighted by molar-refractivity contribution is 0.401. The predicted molar refractivity (Wildman–Crippen MR) is 127 cm³/mol. The molecule has 0 aliphatic carbocycles. The predicted octanol–water partition coefficient (Wildman–Crippen LogP) is 10.3. The Balaban J connectivity index is 3.37. The fourth-order valence-corrected chi connectivity index (χ4v) is 4.04. The summed E-state index contributed by atoms with van der Waals surface area (Å²) in [4.78, 5) is 0. The molecule has 0 aromatic carbocycles. The lowest BCUT2D eigenvalue weighted by atomic mass is 9.92. The highest BCUT2D eigenvalue weighted by molar-refractivity contribution is 4.82. The second kappa shape index (κ2) is 22.0. The van der Waals surface area contributed by atoms with Gasteiger partial charge in [-0.3, -0.25) is 0 Å². The molecule has 0 aliphatic heterocycles. The third-order valence-corrected chi connectivity index (χ3v) is 6.16. The van der Waals surface area contributed by atoms with Crippen LogP contribution in [0.25, 0.3) is 0 Å². The van der Waals surface area contributed by atoms with Crippen LogP contribution in [0.2, 0.25) is 0 Å². The summed E-state index contributed by atoms with van der Waals surface area (Å²) in [5.41, 5.74) is 0. The molecule has 2 atom stereocenters. The first kappa shape index (κ1) is 26.7. The molecule has 0 amide bonds. The van der Waals surface area contributed by atoms with Crippen molar-refractivity contribution in [3.05, 3.63) is 12.2 Å². The summed E-state index contributed by atoms with van der Waals surface area (Å²) in [6, 6.07) is 0. The third-order valence-electron chi connectivity index (χ3n) is 6.16. The lowest BCUT2D eigenvalue weighted by Crippen LogP contribution is -1.99. The highest BCUT2D eigenvalue weighted by Crippen LogP contribution is 2.21. The Morgan fingerprint density at radius 3 is 1.52 bits per heavy atom. The maximum atomic E-state index is 2.47. The average molecular weight is 379 g/mol. The van der Waals surface area contributed by atoms with Crippen LogP contribution in [0.4, 0.5) is 0 Å². The van der Waals surface area contributed by atoms with E-state index in [0.29, 0.717) is 0 Å². The molecule has 0 N–H and O–H groups in total. The van der Waals surface area contributed by atoms with Crippen molar-refractivity contribution < 1.29 is 0 Å². The first-order chi connectivity index (χ1) is 13.2. The van der Waals surface area contributed by atoms with Crippen LogP contribution in [0.3, 0.4) is 0 Å². The van der Waals surface area contributed by atoms with Crippen LogP contribution in [0.5, 0.6) is 0 Å². The van der Waals surface area contributed by atoms with Crippen LogP contribution in [0, 0.1) is 11.8 Å². The minimum atomic E-state index is 0.907. The van der Waals surface area contributed by atoms with Gasteiger partial charge in [0, 0.05) is 0 Å². The molecule has 0 rings (SSSR count). The number of hydrogen-bond acceptors (Lipinski definition) is 0. The second-order valence-corrected chi connectivity index (χ2v) is 9.30. The largest absolute Gasteiger partial charge is 0.0885 e. The Hall–Kier alpha value is -0.260. The summed E-state index contributed by atoms with van der Waals surface area (Å²) in [5.74, 6) is 1.85. The van der Waals surface area contributed by atoms with Crippen molar-refractivity contribution >= 4 is 0 Å². The fraction of sp³-hybridized carbons (Fsp3) is 0.926. The van der Waals surface area contributed by atoms with Crippen molar-refractivity contribution in [1.29, 1.82) is 0 Å². The van der Waals surface area contributed by atoms with Gasteiger partial charge in [-0.05, 0) is 37.5 Å². The summed E-state index contributed by atoms with van der Waals surface area (Å²) in [6.45, 7) is 9.53. The molecule has 0 saturated carbocycles. The van der Waals surface area contributed by atoms with Crippen LogP contribution in [-0.2, 0) is 0 Å². The topological polar surface area (TPSA) is 0 Å². The Kier molecular flexibility index (Phi) is 21.8. The Morgan fingerprint density at radius 2 is 0.889 bits per heavy atom. The van der Waals surface area contributed by atoms with Crippen LogP contribution < -0.4 is 0 Å². The van der Waals surface area contributed by atoms with Crippen molar-refractivity contribution in [2.45, 2.75) is 150 Å². The van der Waals surface area contributed by atoms with E-state index in [2.05, 4.69) is 39.8 Å². The van der Waals surface area contributed by atoms with E-state index in [-0.39, 0.29) is 0 Å². The highest BCUT2D eigenvalue weighted by Gasteiger charge is 2.05. The van der Waals surface area contributed by atoms with Gasteiger partial charge in [0.25, 0.3) is 0 Å². The van der Waals surface area contributed by atoms with Crippen molar-refractivity contribution in [3.63, 3.8) is 0 Å². The molecule has 0 bridgehead atoms. The van der Waals surface area contributed by atoms with Crippen LogP contribution in [0.1, 0.15) is 150 Å². The van der Waals surface area contributed by atoms with Gasteiger partial charge in [0.05, 0.1) is 0 Å². The average Bonchev–Trinajstić information content (AvgIpc) is 2.66. The zero-order valence-corrected chi connectivity index (χ0v) is 19.7. The van der Waals surface area contributed by atoms with E-state index in [1.54, 1.807) is 0 Å². The van der Waals surface area contributed by atoms with E-state index in [9.17, 15) is 0 Å². The molecule has 0 radical (unpaired) electrons. The number of hydrogen-bond donors (Lipinski definition) is 0. The van der Waals surface area contributed by atoms with E-state index >= 15 is 0 Å². The molecule has 0 spiro atoms. The summed E-state index contributed by atoms with van der Waals surface area (Å²) >= 11 is 0. The third kappa shape index (κ3) is 21.9. The van der Waals surface area contributed by atoms with Gasteiger partial charge in [-0.2, -0.15) is 0 Å². The molecule has 2 unspecified atom stereocenters. The molecule has 0 heteroatoms. The molecule has 27 heavy (non-hydrogen) atoms. The molecule has 0 nitrogen and oxygen atoms in total. The molecular formula is C27H54. The lowest BCUT2D eigenvalue weighted by Gasteiger charge is -2.14. The van der Waals surface area contributed by atoms with Crippen LogP contribution in [-0.4, -0.2) is 0 Å². The van der Waals surface area contributed by atoms with Gasteiger partial charge in [0.15, 0.2) is 0 Å². The maximum Gasteiger partial charge on any atom is -0.0348 e. The Labute approximate surface area is 174 Å². The zero-order chi connectivity index (χ0) is 20.0. The molecule has 0 fully saturated rings. The van der Waals surface area contributed by atoms with E-state index in [4.69, 9.17) is 0 Å². The number of unbranched alkanes of at least 4 members (excludes halogenated alkanes) is 11. The van der Waals surface area contributed by atoms with Gasteiger partial charge < -0.3 is 0 Å². The van der Waals surface area contributed by atoms with Gasteiger partial charge in [-0.15, -0.1) is 0 Å². The maximum absolute atomic E-state index is 2.47. The number of allylic oxidation sites excluding steroid dienone is 2. The van der Waals surface area contributed by atoms with Crippen LogP contribution >= 0.6 is 0 Å².